The first kappa shape index (κ1) is 20.3. The number of carbonyl (C=O) groups excluding carboxylic acids is 1. The van der Waals surface area contributed by atoms with Crippen LogP contribution in [0.5, 0.6) is 0 Å². The molecule has 2 aliphatic rings. The third-order valence-electron chi connectivity index (χ3n) is 6.97. The predicted octanol–water partition coefficient (Wildman–Crippen LogP) is 6.47. The molecule has 1 aliphatic heterocycles. The minimum atomic E-state index is -0.247. The molecule has 31 heavy (non-hydrogen) atoms. The quantitative estimate of drug-likeness (QED) is 0.482. The number of nitriles is 1. The van der Waals surface area contributed by atoms with Gasteiger partial charge >= 0.3 is 0 Å². The Hall–Kier alpha value is -2.61. The van der Waals surface area contributed by atoms with Gasteiger partial charge in [-0.25, -0.2) is 0 Å². The summed E-state index contributed by atoms with van der Waals surface area (Å²) in [6, 6.07) is 16.2. The van der Waals surface area contributed by atoms with E-state index in [2.05, 4.69) is 35.3 Å². The third kappa shape index (κ3) is 3.67. The maximum Gasteiger partial charge on any atom is 0.182 e. The zero-order valence-corrected chi connectivity index (χ0v) is 18.2. The van der Waals surface area contributed by atoms with E-state index in [1.807, 2.05) is 12.1 Å². The zero-order chi connectivity index (χ0) is 21.4. The van der Waals surface area contributed by atoms with Crippen LogP contribution in [0.3, 0.4) is 0 Å². The standard InChI is InChI=1S/C26H25ClN2O2/c27-21-13-18(9-12-28)24-20(14-21)15-23(29-24)25(30)17-5-3-4-10-26(11-8-17)22-7-2-1-6-19(22)16-31-26/h1-2,6-7,13-15,17,29H,3-5,8-11,16H2. The van der Waals surface area contributed by atoms with Crippen LogP contribution in [0.2, 0.25) is 5.02 Å². The summed E-state index contributed by atoms with van der Waals surface area (Å²) in [7, 11) is 0. The second-order valence-electron chi connectivity index (χ2n) is 8.83. The lowest BCUT2D eigenvalue weighted by atomic mass is 9.77. The Morgan fingerprint density at radius 3 is 2.94 bits per heavy atom. The van der Waals surface area contributed by atoms with Crippen LogP contribution in [0.25, 0.3) is 10.9 Å². The first-order valence-electron chi connectivity index (χ1n) is 11.0. The van der Waals surface area contributed by atoms with E-state index in [4.69, 9.17) is 21.6 Å². The van der Waals surface area contributed by atoms with E-state index in [1.54, 1.807) is 6.07 Å². The van der Waals surface area contributed by atoms with Crippen molar-refractivity contribution in [2.45, 2.75) is 57.2 Å². The van der Waals surface area contributed by atoms with E-state index in [1.165, 1.54) is 11.1 Å². The largest absolute Gasteiger partial charge is 0.366 e. The molecule has 3 aromatic rings. The number of benzene rings is 2. The van der Waals surface area contributed by atoms with E-state index >= 15 is 0 Å². The summed E-state index contributed by atoms with van der Waals surface area (Å²) in [5.74, 6) is 0.120. The highest BCUT2D eigenvalue weighted by Gasteiger charge is 2.41. The Kier molecular flexibility index (Phi) is 5.33. The van der Waals surface area contributed by atoms with Crippen LogP contribution in [-0.4, -0.2) is 10.8 Å². The molecule has 158 valence electrons. The highest BCUT2D eigenvalue weighted by molar-refractivity contribution is 6.31. The number of nitrogens with one attached hydrogen (secondary N) is 1. The van der Waals surface area contributed by atoms with Crippen molar-refractivity contribution in [2.75, 3.05) is 0 Å². The van der Waals surface area contributed by atoms with E-state index in [-0.39, 0.29) is 23.7 Å². The number of hydrogen-bond donors (Lipinski definition) is 1. The Morgan fingerprint density at radius 1 is 1.19 bits per heavy atom. The number of halogens is 1. The van der Waals surface area contributed by atoms with Crippen molar-refractivity contribution < 1.29 is 9.53 Å². The average molecular weight is 433 g/mol. The molecule has 0 amide bonds. The molecule has 2 atom stereocenters. The number of ether oxygens (including phenoxy) is 1. The summed E-state index contributed by atoms with van der Waals surface area (Å²) in [4.78, 5) is 16.8. The summed E-state index contributed by atoms with van der Waals surface area (Å²) >= 11 is 6.23. The van der Waals surface area contributed by atoms with Gasteiger partial charge in [-0.1, -0.05) is 48.7 Å². The number of rotatable bonds is 3. The van der Waals surface area contributed by atoms with Gasteiger partial charge in [-0.2, -0.15) is 5.26 Å². The molecule has 0 saturated heterocycles. The number of aromatic amines is 1. The Morgan fingerprint density at radius 2 is 2.06 bits per heavy atom. The molecule has 5 rings (SSSR count). The van der Waals surface area contributed by atoms with Gasteiger partial charge in [-0.15, -0.1) is 0 Å². The van der Waals surface area contributed by atoms with Gasteiger partial charge in [0.15, 0.2) is 5.78 Å². The van der Waals surface area contributed by atoms with Gasteiger partial charge in [0.25, 0.3) is 0 Å². The predicted molar refractivity (Wildman–Crippen MR) is 121 cm³/mol. The maximum absolute atomic E-state index is 13.5. The van der Waals surface area contributed by atoms with Crippen LogP contribution in [0.1, 0.15) is 65.7 Å². The lowest BCUT2D eigenvalue weighted by Crippen LogP contribution is -2.29. The molecular weight excluding hydrogens is 408 g/mol. The topological polar surface area (TPSA) is 65.9 Å². The fraction of sp³-hybridized carbons (Fsp3) is 0.385. The first-order valence-corrected chi connectivity index (χ1v) is 11.4. The lowest BCUT2D eigenvalue weighted by molar-refractivity contribution is -0.0588. The van der Waals surface area contributed by atoms with Crippen molar-refractivity contribution in [3.8, 4) is 6.07 Å². The molecular formula is C26H25ClN2O2. The number of carbonyl (C=O) groups is 1. The zero-order valence-electron chi connectivity index (χ0n) is 17.4. The fourth-order valence-corrected chi connectivity index (χ4v) is 5.64. The van der Waals surface area contributed by atoms with Gasteiger partial charge in [0.1, 0.15) is 0 Å². The highest BCUT2D eigenvalue weighted by atomic mass is 35.5. The molecule has 1 saturated carbocycles. The summed E-state index contributed by atoms with van der Waals surface area (Å²) in [6.07, 6.45) is 5.95. The van der Waals surface area contributed by atoms with Crippen LogP contribution in [0.4, 0.5) is 0 Å². The fourth-order valence-electron chi connectivity index (χ4n) is 5.39. The van der Waals surface area contributed by atoms with E-state index in [0.717, 1.165) is 55.0 Å². The molecule has 4 nitrogen and oxygen atoms in total. The first-order chi connectivity index (χ1) is 15.1. The molecule has 5 heteroatoms. The number of fused-ring (bicyclic) bond motifs is 3. The lowest BCUT2D eigenvalue weighted by Gasteiger charge is -2.33. The normalized spacial score (nSPS) is 23.3. The number of nitrogens with zero attached hydrogens (tertiary/aromatic N) is 1. The number of ketones is 1. The second kappa shape index (κ2) is 8.15. The van der Waals surface area contributed by atoms with Crippen LogP contribution < -0.4 is 0 Å². The van der Waals surface area contributed by atoms with Gasteiger partial charge in [0, 0.05) is 16.3 Å². The molecule has 0 bridgehead atoms. The van der Waals surface area contributed by atoms with E-state index in [9.17, 15) is 4.79 Å². The Balaban J connectivity index is 1.41. The molecule has 1 aliphatic carbocycles. The smallest absolute Gasteiger partial charge is 0.182 e. The Labute approximate surface area is 187 Å². The molecule has 1 fully saturated rings. The van der Waals surface area contributed by atoms with Crippen LogP contribution >= 0.6 is 11.6 Å². The number of H-pyrrole nitrogens is 1. The van der Waals surface area contributed by atoms with Gasteiger partial charge in [0.2, 0.25) is 0 Å². The second-order valence-corrected chi connectivity index (χ2v) is 9.27. The molecule has 0 radical (unpaired) electrons. The summed E-state index contributed by atoms with van der Waals surface area (Å²) < 4.78 is 6.36. The van der Waals surface area contributed by atoms with E-state index < -0.39 is 0 Å². The van der Waals surface area contributed by atoms with Crippen molar-refractivity contribution in [3.05, 3.63) is 69.9 Å². The summed E-state index contributed by atoms with van der Waals surface area (Å²) in [5, 5.41) is 10.6. The van der Waals surface area contributed by atoms with Crippen LogP contribution in [0.15, 0.2) is 42.5 Å². The van der Waals surface area contributed by atoms with Gasteiger partial charge in [0.05, 0.1) is 35.9 Å². The number of Topliss-reactive ketones (excluding diaryl/α,β-unsaturated/α-hetero) is 1. The van der Waals surface area contributed by atoms with Gasteiger partial charge in [-0.3, -0.25) is 4.79 Å². The van der Waals surface area contributed by atoms with Crippen molar-refractivity contribution in [3.63, 3.8) is 0 Å². The average Bonchev–Trinajstić information content (AvgIpc) is 3.34. The monoisotopic (exact) mass is 432 g/mol. The molecule has 1 spiro atoms. The van der Waals surface area contributed by atoms with E-state index in [0.29, 0.717) is 17.3 Å². The number of aromatic nitrogens is 1. The minimum absolute atomic E-state index is 0.0310. The summed E-state index contributed by atoms with van der Waals surface area (Å²) in [5.41, 5.74) is 4.63. The van der Waals surface area contributed by atoms with Gasteiger partial charge < -0.3 is 9.72 Å². The molecule has 2 unspecified atom stereocenters. The van der Waals surface area contributed by atoms with Gasteiger partial charge in [-0.05, 0) is 60.6 Å². The molecule has 2 heterocycles. The third-order valence-corrected chi connectivity index (χ3v) is 7.19. The van der Waals surface area contributed by atoms with Crippen molar-refractivity contribution in [2.24, 2.45) is 5.92 Å². The number of hydrogen-bond acceptors (Lipinski definition) is 3. The molecule has 2 aromatic carbocycles. The minimum Gasteiger partial charge on any atom is -0.366 e. The SMILES string of the molecule is N#CCc1cc(Cl)cc2cc(C(=O)C3CCCCC4(CC3)OCc3ccccc34)[nH]c12. The van der Waals surface area contributed by atoms with Crippen molar-refractivity contribution >= 4 is 28.3 Å². The molecule has 1 aromatic heterocycles. The van der Waals surface area contributed by atoms with Crippen LogP contribution in [-0.2, 0) is 23.4 Å². The maximum atomic E-state index is 13.5. The summed E-state index contributed by atoms with van der Waals surface area (Å²) in [6.45, 7) is 0.666. The van der Waals surface area contributed by atoms with Crippen molar-refractivity contribution in [1.82, 2.24) is 4.98 Å². The Bertz CT molecular complexity index is 1190. The van der Waals surface area contributed by atoms with Crippen LogP contribution in [0, 0.1) is 17.2 Å². The van der Waals surface area contributed by atoms with Crippen molar-refractivity contribution in [1.29, 1.82) is 5.26 Å². The molecule has 1 N–H and O–H groups in total. The highest BCUT2D eigenvalue weighted by Crippen LogP contribution is 2.46.